The summed E-state index contributed by atoms with van der Waals surface area (Å²) in [6, 6.07) is 36.5. The van der Waals surface area contributed by atoms with Crippen LogP contribution in [0.25, 0.3) is 0 Å². The maximum atomic E-state index is 12.1. The molecule has 2 unspecified atom stereocenters. The van der Waals surface area contributed by atoms with Crippen LogP contribution in [-0.4, -0.2) is 25.2 Å². The van der Waals surface area contributed by atoms with Crippen molar-refractivity contribution in [2.45, 2.75) is 45.3 Å². The maximum Gasteiger partial charge on any atom is 0.319 e. The van der Waals surface area contributed by atoms with Gasteiger partial charge in [-0.05, 0) is 73.6 Å². The quantitative estimate of drug-likeness (QED) is 0.176. The first-order valence-corrected chi connectivity index (χ1v) is 13.6. The molecule has 0 amide bonds. The summed E-state index contributed by atoms with van der Waals surface area (Å²) in [7, 11) is 0. The molecule has 0 saturated carbocycles. The third kappa shape index (κ3) is 8.72. The molecule has 0 aromatic heterocycles. The second-order valence-corrected chi connectivity index (χ2v) is 9.50. The first-order chi connectivity index (χ1) is 19.1. The first kappa shape index (κ1) is 27.9. The Labute approximate surface area is 231 Å². The molecule has 0 heterocycles. The highest BCUT2D eigenvalue weighted by Gasteiger charge is 2.22. The van der Waals surface area contributed by atoms with Crippen LogP contribution in [0.3, 0.4) is 0 Å². The van der Waals surface area contributed by atoms with Gasteiger partial charge in [0.1, 0.15) is 12.4 Å². The van der Waals surface area contributed by atoms with Crippen molar-refractivity contribution in [2.24, 2.45) is 0 Å². The van der Waals surface area contributed by atoms with Gasteiger partial charge in [-0.1, -0.05) is 84.9 Å². The van der Waals surface area contributed by atoms with E-state index < -0.39 is 0 Å². The summed E-state index contributed by atoms with van der Waals surface area (Å²) in [5.74, 6) is 1.98. The molecule has 0 saturated heterocycles. The molecule has 5 nitrogen and oxygen atoms in total. The Morgan fingerprint density at radius 3 is 2.10 bits per heavy atom. The van der Waals surface area contributed by atoms with Crippen LogP contribution in [0.4, 0.5) is 0 Å². The van der Waals surface area contributed by atoms with Crippen molar-refractivity contribution in [3.8, 4) is 17.2 Å². The second-order valence-electron chi connectivity index (χ2n) is 9.50. The van der Waals surface area contributed by atoms with Crippen molar-refractivity contribution < 1.29 is 19.0 Å². The third-order valence-electron chi connectivity index (χ3n) is 6.67. The minimum absolute atomic E-state index is 0.0287. The van der Waals surface area contributed by atoms with E-state index >= 15 is 0 Å². The summed E-state index contributed by atoms with van der Waals surface area (Å²) in [4.78, 5) is 12.1. The van der Waals surface area contributed by atoms with Gasteiger partial charge in [0.25, 0.3) is 0 Å². The number of benzene rings is 4. The van der Waals surface area contributed by atoms with Crippen LogP contribution in [0.2, 0.25) is 0 Å². The molecule has 4 aromatic carbocycles. The molecule has 0 aliphatic rings. The zero-order valence-corrected chi connectivity index (χ0v) is 22.7. The molecule has 0 aliphatic heterocycles. The molecule has 4 rings (SSSR count). The van der Waals surface area contributed by atoms with E-state index in [0.717, 1.165) is 29.7 Å². The van der Waals surface area contributed by atoms with Crippen LogP contribution in [0.15, 0.2) is 109 Å². The third-order valence-corrected chi connectivity index (χ3v) is 6.67. The van der Waals surface area contributed by atoms with Gasteiger partial charge in [-0.25, -0.2) is 0 Å². The smallest absolute Gasteiger partial charge is 0.319 e. The van der Waals surface area contributed by atoms with Gasteiger partial charge in [0.2, 0.25) is 0 Å². The van der Waals surface area contributed by atoms with Crippen LogP contribution in [-0.2, 0) is 22.6 Å². The highest BCUT2D eigenvalue weighted by Crippen LogP contribution is 2.37. The number of para-hydroxylation sites is 1. The Kier molecular flexibility index (Phi) is 10.6. The summed E-state index contributed by atoms with van der Waals surface area (Å²) >= 11 is 0. The van der Waals surface area contributed by atoms with E-state index in [1.807, 2.05) is 79.7 Å². The predicted octanol–water partition coefficient (Wildman–Crippen LogP) is 7.32. The molecule has 0 spiro atoms. The molecule has 0 fully saturated rings. The summed E-state index contributed by atoms with van der Waals surface area (Å²) in [5.41, 5.74) is 3.49. The van der Waals surface area contributed by atoms with E-state index in [1.54, 1.807) is 0 Å². The first-order valence-electron chi connectivity index (χ1n) is 13.6. The lowest BCUT2D eigenvalue weighted by molar-refractivity contribution is -0.142. The molecule has 4 aromatic rings. The summed E-state index contributed by atoms with van der Waals surface area (Å²) < 4.78 is 17.7. The molecule has 202 valence electrons. The van der Waals surface area contributed by atoms with Crippen molar-refractivity contribution in [2.75, 3.05) is 13.2 Å². The van der Waals surface area contributed by atoms with Gasteiger partial charge in [0.05, 0.1) is 13.2 Å². The number of rotatable bonds is 14. The number of carbonyl (C=O) groups excluding carboxylic acids is 1. The summed E-state index contributed by atoms with van der Waals surface area (Å²) in [6.07, 6.45) is 1.82. The normalized spacial score (nSPS) is 12.4. The molecule has 2 atom stereocenters. The largest absolute Gasteiger partial charge is 0.485 e. The molecule has 0 bridgehead atoms. The number of aryl methyl sites for hydroxylation is 1. The van der Waals surface area contributed by atoms with Gasteiger partial charge in [-0.15, -0.1) is 0 Å². The van der Waals surface area contributed by atoms with E-state index in [2.05, 4.69) is 48.6 Å². The molecular formula is C34H37NO4. The van der Waals surface area contributed by atoms with Crippen molar-refractivity contribution in [1.29, 1.82) is 0 Å². The average molecular weight is 524 g/mol. The van der Waals surface area contributed by atoms with Crippen molar-refractivity contribution in [3.05, 3.63) is 126 Å². The van der Waals surface area contributed by atoms with E-state index in [4.69, 9.17) is 14.2 Å². The lowest BCUT2D eigenvalue weighted by atomic mass is 9.86. The minimum Gasteiger partial charge on any atom is -0.485 e. The highest BCUT2D eigenvalue weighted by atomic mass is 16.5. The van der Waals surface area contributed by atoms with E-state index in [9.17, 15) is 4.79 Å². The predicted molar refractivity (Wildman–Crippen MR) is 155 cm³/mol. The Morgan fingerprint density at radius 1 is 0.795 bits per heavy atom. The molecule has 0 radical (unpaired) electrons. The fraction of sp³-hybridized carbons (Fsp3) is 0.265. The molecule has 39 heavy (non-hydrogen) atoms. The Balaban J connectivity index is 1.60. The molecule has 5 heteroatoms. The Morgan fingerprint density at radius 2 is 1.44 bits per heavy atom. The number of ether oxygens (including phenoxy) is 3. The Hall–Kier alpha value is -4.09. The van der Waals surface area contributed by atoms with Gasteiger partial charge < -0.3 is 19.5 Å². The monoisotopic (exact) mass is 523 g/mol. The van der Waals surface area contributed by atoms with E-state index in [1.165, 1.54) is 5.56 Å². The van der Waals surface area contributed by atoms with Gasteiger partial charge in [-0.2, -0.15) is 0 Å². The van der Waals surface area contributed by atoms with Crippen LogP contribution in [0.5, 0.6) is 17.2 Å². The number of nitrogens with one attached hydrogen (secondary N) is 1. The van der Waals surface area contributed by atoms with Crippen molar-refractivity contribution >= 4 is 5.97 Å². The Bertz CT molecular complexity index is 1280. The van der Waals surface area contributed by atoms with Crippen LogP contribution >= 0.6 is 0 Å². The SMILES string of the molecule is CCOC(=O)CNC(C)C(CCc1ccccc1)c1ccc(Oc2ccccc2)c(OCc2ccccc2)c1. The minimum atomic E-state index is -0.246. The lowest BCUT2D eigenvalue weighted by Crippen LogP contribution is -2.37. The van der Waals surface area contributed by atoms with E-state index in [-0.39, 0.29) is 24.5 Å². The number of carbonyl (C=O) groups is 1. The zero-order valence-electron chi connectivity index (χ0n) is 22.7. The van der Waals surface area contributed by atoms with Crippen molar-refractivity contribution in [3.63, 3.8) is 0 Å². The summed E-state index contributed by atoms with van der Waals surface area (Å²) in [5, 5.41) is 3.39. The van der Waals surface area contributed by atoms with Crippen LogP contribution < -0.4 is 14.8 Å². The molecule has 0 aliphatic carbocycles. The average Bonchev–Trinajstić information content (AvgIpc) is 2.98. The topological polar surface area (TPSA) is 56.8 Å². The maximum absolute atomic E-state index is 12.1. The van der Waals surface area contributed by atoms with Gasteiger partial charge in [0.15, 0.2) is 11.5 Å². The molecule has 1 N–H and O–H groups in total. The highest BCUT2D eigenvalue weighted by molar-refractivity contribution is 5.71. The number of hydrogen-bond acceptors (Lipinski definition) is 5. The van der Waals surface area contributed by atoms with E-state index in [0.29, 0.717) is 24.7 Å². The summed E-state index contributed by atoms with van der Waals surface area (Å²) in [6.45, 7) is 4.91. The fourth-order valence-electron chi connectivity index (χ4n) is 4.57. The number of esters is 1. The van der Waals surface area contributed by atoms with Crippen LogP contribution in [0.1, 0.15) is 42.9 Å². The van der Waals surface area contributed by atoms with Gasteiger partial charge in [0, 0.05) is 6.04 Å². The number of hydrogen-bond donors (Lipinski definition) is 1. The molecular weight excluding hydrogens is 486 g/mol. The van der Waals surface area contributed by atoms with Gasteiger partial charge >= 0.3 is 5.97 Å². The van der Waals surface area contributed by atoms with Gasteiger partial charge in [-0.3, -0.25) is 4.79 Å². The zero-order chi connectivity index (χ0) is 27.3. The lowest BCUT2D eigenvalue weighted by Gasteiger charge is -2.26. The van der Waals surface area contributed by atoms with Crippen molar-refractivity contribution in [1.82, 2.24) is 5.32 Å². The second kappa shape index (κ2) is 14.7. The fourth-order valence-corrected chi connectivity index (χ4v) is 4.57. The standard InChI is InChI=1S/C34H37NO4/c1-3-37-34(36)24-35-26(2)31(21-19-27-13-7-4-8-14-27)29-20-22-32(39-30-17-11-6-12-18-30)33(23-29)38-25-28-15-9-5-10-16-28/h4-18,20,22-23,26,31,35H,3,19,21,24-25H2,1-2H3. The van der Waals surface area contributed by atoms with Crippen LogP contribution in [0, 0.1) is 0 Å².